The molecule has 0 radical (unpaired) electrons. The predicted molar refractivity (Wildman–Crippen MR) is 76.7 cm³/mol. The number of carboxylic acid groups (broad SMARTS) is 2. The smallest absolute Gasteiger partial charge is 0.335 e. The lowest BCUT2D eigenvalue weighted by Crippen LogP contribution is -2.03. The average Bonchev–Trinajstić information content (AvgIpc) is 2.29. The summed E-state index contributed by atoms with van der Waals surface area (Å²) in [5.41, 5.74) is 1.51. The van der Waals surface area contributed by atoms with E-state index in [2.05, 4.69) is 13.8 Å². The van der Waals surface area contributed by atoms with Gasteiger partial charge in [-0.05, 0) is 23.6 Å². The van der Waals surface area contributed by atoms with E-state index in [1.165, 1.54) is 5.56 Å². The first kappa shape index (κ1) is 19.5. The molecule has 0 spiro atoms. The summed E-state index contributed by atoms with van der Waals surface area (Å²) >= 11 is 0. The molecule has 0 aliphatic heterocycles. The van der Waals surface area contributed by atoms with Gasteiger partial charge in [-0.1, -0.05) is 47.3 Å². The zero-order chi connectivity index (χ0) is 14.3. The van der Waals surface area contributed by atoms with Crippen molar-refractivity contribution >= 4 is 11.9 Å². The second-order valence-corrected chi connectivity index (χ2v) is 4.57. The number of carbonyl (C=O) groups is 2. The molecule has 0 atom stereocenters. The number of aliphatic carboxylic acids is 1. The second kappa shape index (κ2) is 9.14. The molecule has 0 amide bonds. The molecule has 4 heteroatoms. The molecule has 0 aliphatic carbocycles. The first-order valence-corrected chi connectivity index (χ1v) is 5.81. The van der Waals surface area contributed by atoms with Crippen LogP contribution in [0, 0.1) is 5.92 Å². The molecule has 0 aromatic heterocycles. The number of carboxylic acids is 2. The SMILES string of the molecule is C.CC(C)C(=O)O.CC(C)c1ccc(C(=O)O)cc1. The summed E-state index contributed by atoms with van der Waals surface area (Å²) in [6.45, 7) is 7.44. The fraction of sp³-hybridized carbons (Fsp3) is 0.467. The number of benzene rings is 1. The van der Waals surface area contributed by atoms with Gasteiger partial charge in [0.25, 0.3) is 0 Å². The summed E-state index contributed by atoms with van der Waals surface area (Å²) in [6.07, 6.45) is 0. The Balaban J connectivity index is 0. The minimum atomic E-state index is -0.870. The lowest BCUT2D eigenvalue weighted by Gasteiger charge is -2.04. The number of hydrogen-bond acceptors (Lipinski definition) is 2. The van der Waals surface area contributed by atoms with Gasteiger partial charge in [-0.2, -0.15) is 0 Å². The highest BCUT2D eigenvalue weighted by Gasteiger charge is 2.02. The minimum absolute atomic E-state index is 0. The predicted octanol–water partition coefficient (Wildman–Crippen LogP) is 3.87. The van der Waals surface area contributed by atoms with Gasteiger partial charge in [-0.15, -0.1) is 0 Å². The molecule has 1 rings (SSSR count). The van der Waals surface area contributed by atoms with E-state index in [0.717, 1.165) is 0 Å². The molecule has 108 valence electrons. The zero-order valence-electron chi connectivity index (χ0n) is 11.2. The van der Waals surface area contributed by atoms with Crippen molar-refractivity contribution < 1.29 is 19.8 Å². The highest BCUT2D eigenvalue weighted by Crippen LogP contribution is 2.14. The van der Waals surface area contributed by atoms with Crippen molar-refractivity contribution in [3.8, 4) is 0 Å². The molecule has 0 unspecified atom stereocenters. The third-order valence-corrected chi connectivity index (χ3v) is 2.32. The molecule has 0 heterocycles. The van der Waals surface area contributed by atoms with Gasteiger partial charge in [0, 0.05) is 0 Å². The molecule has 19 heavy (non-hydrogen) atoms. The third kappa shape index (κ3) is 7.97. The first-order valence-electron chi connectivity index (χ1n) is 5.81. The lowest BCUT2D eigenvalue weighted by atomic mass is 10.0. The van der Waals surface area contributed by atoms with Gasteiger partial charge in [0.15, 0.2) is 0 Å². The van der Waals surface area contributed by atoms with E-state index in [1.54, 1.807) is 26.0 Å². The van der Waals surface area contributed by atoms with Gasteiger partial charge in [0.1, 0.15) is 0 Å². The van der Waals surface area contributed by atoms with Gasteiger partial charge in [0.05, 0.1) is 11.5 Å². The summed E-state index contributed by atoms with van der Waals surface area (Å²) < 4.78 is 0. The molecule has 0 bridgehead atoms. The Morgan fingerprint density at radius 3 is 1.53 bits per heavy atom. The van der Waals surface area contributed by atoms with Crippen LogP contribution >= 0.6 is 0 Å². The van der Waals surface area contributed by atoms with E-state index in [-0.39, 0.29) is 13.3 Å². The van der Waals surface area contributed by atoms with Crippen molar-refractivity contribution in [1.29, 1.82) is 0 Å². The molecular weight excluding hydrogens is 244 g/mol. The molecule has 2 N–H and O–H groups in total. The van der Waals surface area contributed by atoms with Crippen LogP contribution in [-0.2, 0) is 4.79 Å². The van der Waals surface area contributed by atoms with Crippen LogP contribution in [0.5, 0.6) is 0 Å². The largest absolute Gasteiger partial charge is 0.481 e. The molecule has 1 aromatic carbocycles. The highest BCUT2D eigenvalue weighted by atomic mass is 16.4. The number of aromatic carboxylic acids is 1. The van der Waals surface area contributed by atoms with Gasteiger partial charge in [-0.3, -0.25) is 4.79 Å². The van der Waals surface area contributed by atoms with E-state index in [1.807, 2.05) is 12.1 Å². The molecule has 1 aromatic rings. The minimum Gasteiger partial charge on any atom is -0.481 e. The Kier molecular flexibility index (Phi) is 9.38. The Morgan fingerprint density at radius 2 is 1.32 bits per heavy atom. The molecule has 0 saturated heterocycles. The average molecular weight is 268 g/mol. The van der Waals surface area contributed by atoms with Crippen LogP contribution in [0.25, 0.3) is 0 Å². The zero-order valence-corrected chi connectivity index (χ0v) is 11.2. The van der Waals surface area contributed by atoms with E-state index < -0.39 is 11.9 Å². The van der Waals surface area contributed by atoms with E-state index in [9.17, 15) is 9.59 Å². The second-order valence-electron chi connectivity index (χ2n) is 4.57. The van der Waals surface area contributed by atoms with Crippen LogP contribution < -0.4 is 0 Å². The van der Waals surface area contributed by atoms with Crippen molar-refractivity contribution in [1.82, 2.24) is 0 Å². The number of rotatable bonds is 3. The topological polar surface area (TPSA) is 74.6 Å². The lowest BCUT2D eigenvalue weighted by molar-refractivity contribution is -0.140. The van der Waals surface area contributed by atoms with E-state index in [4.69, 9.17) is 10.2 Å². The Bertz CT molecular complexity index is 391. The fourth-order valence-corrected chi connectivity index (χ4v) is 1.01. The Labute approximate surface area is 115 Å². The van der Waals surface area contributed by atoms with Crippen LogP contribution in [0.2, 0.25) is 0 Å². The summed E-state index contributed by atoms with van der Waals surface area (Å²) in [4.78, 5) is 20.2. The standard InChI is InChI=1S/C10H12O2.C4H8O2.CH4/c1-7(2)8-3-5-9(6-4-8)10(11)12;1-3(2)4(5)6;/h3-7H,1-2H3,(H,11,12);3H,1-2H3,(H,5,6);1H4. The van der Waals surface area contributed by atoms with Crippen molar-refractivity contribution in [2.75, 3.05) is 0 Å². The fourth-order valence-electron chi connectivity index (χ4n) is 1.01. The van der Waals surface area contributed by atoms with Gasteiger partial charge >= 0.3 is 11.9 Å². The van der Waals surface area contributed by atoms with Crippen LogP contribution in [0.1, 0.15) is 57.0 Å². The molecule has 4 nitrogen and oxygen atoms in total. The van der Waals surface area contributed by atoms with Crippen molar-refractivity contribution in [2.45, 2.75) is 41.0 Å². The number of hydrogen-bond donors (Lipinski definition) is 2. The van der Waals surface area contributed by atoms with E-state index in [0.29, 0.717) is 11.5 Å². The molecule has 0 saturated carbocycles. The normalized spacial score (nSPS) is 9.37. The van der Waals surface area contributed by atoms with Crippen LogP contribution in [-0.4, -0.2) is 22.2 Å². The first-order chi connectivity index (χ1) is 8.25. The maximum atomic E-state index is 10.5. The van der Waals surface area contributed by atoms with Gasteiger partial charge in [0.2, 0.25) is 0 Å². The molecule has 0 fully saturated rings. The van der Waals surface area contributed by atoms with Crippen molar-refractivity contribution in [3.63, 3.8) is 0 Å². The van der Waals surface area contributed by atoms with Crippen molar-refractivity contribution in [2.24, 2.45) is 5.92 Å². The summed E-state index contributed by atoms with van der Waals surface area (Å²) in [7, 11) is 0. The highest BCUT2D eigenvalue weighted by molar-refractivity contribution is 5.87. The van der Waals surface area contributed by atoms with Crippen LogP contribution in [0.3, 0.4) is 0 Å². The quantitative estimate of drug-likeness (QED) is 0.872. The van der Waals surface area contributed by atoms with Crippen molar-refractivity contribution in [3.05, 3.63) is 35.4 Å². The summed E-state index contributed by atoms with van der Waals surface area (Å²) in [5, 5.41) is 16.6. The maximum absolute atomic E-state index is 10.5. The third-order valence-electron chi connectivity index (χ3n) is 2.32. The van der Waals surface area contributed by atoms with E-state index >= 15 is 0 Å². The Morgan fingerprint density at radius 1 is 0.947 bits per heavy atom. The van der Waals surface area contributed by atoms with Gasteiger partial charge < -0.3 is 10.2 Å². The van der Waals surface area contributed by atoms with Crippen LogP contribution in [0.4, 0.5) is 0 Å². The van der Waals surface area contributed by atoms with Gasteiger partial charge in [-0.25, -0.2) is 4.79 Å². The maximum Gasteiger partial charge on any atom is 0.335 e. The Hall–Kier alpha value is -1.84. The van der Waals surface area contributed by atoms with Crippen LogP contribution in [0.15, 0.2) is 24.3 Å². The summed E-state index contributed by atoms with van der Waals surface area (Å²) in [6, 6.07) is 6.98. The summed E-state index contributed by atoms with van der Waals surface area (Å²) in [5.74, 6) is -1.39. The monoisotopic (exact) mass is 268 g/mol. The molecule has 0 aliphatic rings. The molecular formula is C15H24O4.